The third kappa shape index (κ3) is 5.46. The Kier molecular flexibility index (Phi) is 7.61. The van der Waals surface area contributed by atoms with Crippen LogP contribution in [-0.2, 0) is 14.8 Å². The van der Waals surface area contributed by atoms with Crippen molar-refractivity contribution in [3.63, 3.8) is 0 Å². The Morgan fingerprint density at radius 3 is 2.52 bits per heavy atom. The number of aromatic nitrogens is 4. The Morgan fingerprint density at radius 1 is 1.15 bits per heavy atom. The van der Waals surface area contributed by atoms with Crippen molar-refractivity contribution in [3.8, 4) is 11.4 Å². The standard InChI is InChI=1S/C21H27N7O4S/c1-5-27(6-2)33(30,31)17-8-10-20(32-4)18(12-17)24-21(29)13-22-16-7-9-19(15(3)11-16)28-14-23-25-26-28/h7-12,14,22H,5-6,13H2,1-4H3,(H,24,29). The highest BCUT2D eigenvalue weighted by Gasteiger charge is 2.23. The minimum atomic E-state index is -3.67. The van der Waals surface area contributed by atoms with Crippen LogP contribution in [0, 0.1) is 6.92 Å². The number of carbonyl (C=O) groups excluding carboxylic acids is 1. The van der Waals surface area contributed by atoms with E-state index in [0.717, 1.165) is 16.9 Å². The molecule has 3 aromatic rings. The van der Waals surface area contributed by atoms with Gasteiger partial charge in [0, 0.05) is 18.8 Å². The molecule has 0 fully saturated rings. The SMILES string of the molecule is CCN(CC)S(=O)(=O)c1ccc(OC)c(NC(=O)CNc2ccc(-n3cnnn3)c(C)c2)c1. The highest BCUT2D eigenvalue weighted by atomic mass is 32.2. The third-order valence-corrected chi connectivity index (χ3v) is 7.08. The first kappa shape index (κ1) is 24.1. The van der Waals surface area contributed by atoms with Gasteiger partial charge in [-0.05, 0) is 59.3 Å². The number of benzene rings is 2. The molecule has 33 heavy (non-hydrogen) atoms. The first-order valence-electron chi connectivity index (χ1n) is 10.4. The van der Waals surface area contributed by atoms with E-state index >= 15 is 0 Å². The van der Waals surface area contributed by atoms with Gasteiger partial charge >= 0.3 is 0 Å². The summed E-state index contributed by atoms with van der Waals surface area (Å²) in [6, 6.07) is 9.94. The number of anilines is 2. The normalized spacial score (nSPS) is 11.4. The van der Waals surface area contributed by atoms with E-state index < -0.39 is 10.0 Å². The third-order valence-electron chi connectivity index (χ3n) is 5.03. The molecule has 3 rings (SSSR count). The zero-order valence-electron chi connectivity index (χ0n) is 18.9. The lowest BCUT2D eigenvalue weighted by Crippen LogP contribution is -2.30. The first-order valence-corrected chi connectivity index (χ1v) is 11.8. The van der Waals surface area contributed by atoms with Gasteiger partial charge < -0.3 is 15.4 Å². The largest absolute Gasteiger partial charge is 0.495 e. The summed E-state index contributed by atoms with van der Waals surface area (Å²) in [6.07, 6.45) is 1.50. The van der Waals surface area contributed by atoms with E-state index in [2.05, 4.69) is 26.2 Å². The fourth-order valence-corrected chi connectivity index (χ4v) is 4.81. The molecule has 176 valence electrons. The van der Waals surface area contributed by atoms with Gasteiger partial charge in [0.2, 0.25) is 15.9 Å². The smallest absolute Gasteiger partial charge is 0.243 e. The molecule has 1 amide bonds. The molecule has 0 saturated carbocycles. The van der Waals surface area contributed by atoms with Gasteiger partial charge in [0.05, 0.1) is 29.9 Å². The molecule has 2 N–H and O–H groups in total. The second-order valence-corrected chi connectivity index (χ2v) is 9.05. The minimum Gasteiger partial charge on any atom is -0.495 e. The molecule has 0 radical (unpaired) electrons. The van der Waals surface area contributed by atoms with Crippen LogP contribution in [0.5, 0.6) is 5.75 Å². The first-order chi connectivity index (χ1) is 15.8. The van der Waals surface area contributed by atoms with E-state index in [1.165, 1.54) is 35.9 Å². The molecular formula is C21H27N7O4S. The van der Waals surface area contributed by atoms with Crippen molar-refractivity contribution in [1.29, 1.82) is 0 Å². The Balaban J connectivity index is 1.71. The van der Waals surface area contributed by atoms with E-state index in [9.17, 15) is 13.2 Å². The molecule has 0 aliphatic carbocycles. The van der Waals surface area contributed by atoms with Crippen molar-refractivity contribution in [2.45, 2.75) is 25.7 Å². The molecule has 12 heteroatoms. The van der Waals surface area contributed by atoms with Crippen molar-refractivity contribution in [3.05, 3.63) is 48.3 Å². The van der Waals surface area contributed by atoms with E-state index in [1.807, 2.05) is 25.1 Å². The molecule has 0 bridgehead atoms. The molecule has 1 heterocycles. The van der Waals surface area contributed by atoms with Gasteiger partial charge in [0.15, 0.2) is 0 Å². The van der Waals surface area contributed by atoms with E-state index in [1.54, 1.807) is 18.5 Å². The van der Waals surface area contributed by atoms with Crippen molar-refractivity contribution in [2.24, 2.45) is 0 Å². The molecular weight excluding hydrogens is 446 g/mol. The van der Waals surface area contributed by atoms with Crippen LogP contribution in [0.1, 0.15) is 19.4 Å². The second kappa shape index (κ2) is 10.4. The van der Waals surface area contributed by atoms with Crippen molar-refractivity contribution in [1.82, 2.24) is 24.5 Å². The highest BCUT2D eigenvalue weighted by molar-refractivity contribution is 7.89. The van der Waals surface area contributed by atoms with Crippen LogP contribution in [0.15, 0.2) is 47.6 Å². The number of rotatable bonds is 10. The van der Waals surface area contributed by atoms with Crippen LogP contribution in [0.3, 0.4) is 0 Å². The van der Waals surface area contributed by atoms with Crippen molar-refractivity contribution < 1.29 is 17.9 Å². The number of sulfonamides is 1. The number of carbonyl (C=O) groups is 1. The van der Waals surface area contributed by atoms with Crippen LogP contribution in [0.4, 0.5) is 11.4 Å². The fraction of sp³-hybridized carbons (Fsp3) is 0.333. The van der Waals surface area contributed by atoms with Crippen LogP contribution in [0.25, 0.3) is 5.69 Å². The van der Waals surface area contributed by atoms with E-state index in [4.69, 9.17) is 4.74 Å². The van der Waals surface area contributed by atoms with Crippen molar-refractivity contribution >= 4 is 27.3 Å². The molecule has 0 atom stereocenters. The maximum Gasteiger partial charge on any atom is 0.243 e. The number of ether oxygens (including phenoxy) is 1. The molecule has 0 saturated heterocycles. The Morgan fingerprint density at radius 2 is 1.91 bits per heavy atom. The Labute approximate surface area is 192 Å². The molecule has 11 nitrogen and oxygen atoms in total. The van der Waals surface area contributed by atoms with Gasteiger partial charge in [-0.25, -0.2) is 13.1 Å². The molecule has 2 aromatic carbocycles. The van der Waals surface area contributed by atoms with Crippen LogP contribution < -0.4 is 15.4 Å². The van der Waals surface area contributed by atoms with Gasteiger partial charge in [-0.2, -0.15) is 4.31 Å². The lowest BCUT2D eigenvalue weighted by molar-refractivity contribution is -0.114. The van der Waals surface area contributed by atoms with Gasteiger partial charge in [0.25, 0.3) is 0 Å². The second-order valence-electron chi connectivity index (χ2n) is 7.11. The highest BCUT2D eigenvalue weighted by Crippen LogP contribution is 2.29. The van der Waals surface area contributed by atoms with Gasteiger partial charge in [-0.3, -0.25) is 4.79 Å². The molecule has 0 unspecified atom stereocenters. The average molecular weight is 474 g/mol. The summed E-state index contributed by atoms with van der Waals surface area (Å²) in [5.74, 6) is 0.0105. The number of amides is 1. The van der Waals surface area contributed by atoms with Crippen LogP contribution >= 0.6 is 0 Å². The van der Waals surface area contributed by atoms with E-state index in [-0.39, 0.29) is 23.0 Å². The number of nitrogens with zero attached hydrogens (tertiary/aromatic N) is 5. The Hall–Kier alpha value is -3.51. The van der Waals surface area contributed by atoms with Crippen molar-refractivity contribution in [2.75, 3.05) is 37.4 Å². The quantitative estimate of drug-likeness (QED) is 0.457. The summed E-state index contributed by atoms with van der Waals surface area (Å²) >= 11 is 0. The summed E-state index contributed by atoms with van der Waals surface area (Å²) in [4.78, 5) is 12.7. The molecule has 0 aliphatic rings. The minimum absolute atomic E-state index is 0.0279. The number of tetrazole rings is 1. The summed E-state index contributed by atoms with van der Waals surface area (Å²) in [6.45, 7) is 6.13. The number of hydrogen-bond acceptors (Lipinski definition) is 8. The fourth-order valence-electron chi connectivity index (χ4n) is 3.33. The van der Waals surface area contributed by atoms with Crippen LogP contribution in [0.2, 0.25) is 0 Å². The lowest BCUT2D eigenvalue weighted by atomic mass is 10.2. The predicted molar refractivity (Wildman–Crippen MR) is 124 cm³/mol. The summed E-state index contributed by atoms with van der Waals surface area (Å²) in [5, 5.41) is 16.9. The zero-order valence-corrected chi connectivity index (χ0v) is 19.8. The average Bonchev–Trinajstić information content (AvgIpc) is 3.33. The summed E-state index contributed by atoms with van der Waals surface area (Å²) in [5.41, 5.74) is 2.77. The number of aryl methyl sites for hydroxylation is 1. The summed E-state index contributed by atoms with van der Waals surface area (Å²) < 4.78 is 33.9. The number of methoxy groups -OCH3 is 1. The zero-order chi connectivity index (χ0) is 24.0. The predicted octanol–water partition coefficient (Wildman–Crippen LogP) is 2.06. The number of hydrogen-bond donors (Lipinski definition) is 2. The number of nitrogens with one attached hydrogen (secondary N) is 2. The Bertz CT molecular complexity index is 1210. The lowest BCUT2D eigenvalue weighted by Gasteiger charge is -2.19. The topological polar surface area (TPSA) is 131 Å². The van der Waals surface area contributed by atoms with Gasteiger partial charge in [-0.1, -0.05) is 13.8 Å². The summed E-state index contributed by atoms with van der Waals surface area (Å²) in [7, 11) is -2.22. The van der Waals surface area contributed by atoms with Gasteiger partial charge in [0.1, 0.15) is 12.1 Å². The van der Waals surface area contributed by atoms with Gasteiger partial charge in [-0.15, -0.1) is 5.10 Å². The molecule has 0 spiro atoms. The van der Waals surface area contributed by atoms with E-state index in [0.29, 0.717) is 18.8 Å². The monoisotopic (exact) mass is 473 g/mol. The molecule has 0 aliphatic heterocycles. The van der Waals surface area contributed by atoms with Crippen LogP contribution in [-0.4, -0.2) is 65.6 Å². The maximum atomic E-state index is 12.8. The maximum absolute atomic E-state index is 12.8. The molecule has 1 aromatic heterocycles.